The molecule has 0 aliphatic heterocycles. The number of rotatable bonds is 6. The van der Waals surface area contributed by atoms with Crippen molar-refractivity contribution in [1.29, 1.82) is 0 Å². The highest BCUT2D eigenvalue weighted by Gasteiger charge is 2.17. The molecule has 0 aliphatic rings. The van der Waals surface area contributed by atoms with Crippen LogP contribution in [0.15, 0.2) is 53.6 Å². The minimum absolute atomic E-state index is 0.0479. The Morgan fingerprint density at radius 2 is 1.96 bits per heavy atom. The van der Waals surface area contributed by atoms with E-state index >= 15 is 0 Å². The van der Waals surface area contributed by atoms with Gasteiger partial charge in [-0.05, 0) is 44.2 Å². The van der Waals surface area contributed by atoms with Crippen LogP contribution in [-0.2, 0) is 16.6 Å². The Labute approximate surface area is 151 Å². The summed E-state index contributed by atoms with van der Waals surface area (Å²) in [5.41, 5.74) is 0.940. The molecule has 2 aromatic heterocycles. The van der Waals surface area contributed by atoms with Crippen molar-refractivity contribution in [3.63, 3.8) is 0 Å². The highest BCUT2D eigenvalue weighted by atomic mass is 32.2. The maximum atomic E-state index is 12.4. The standard InChI is InChI=1S/C17H19N5O3S/c1-12(2)21-26(24,25)14-7-5-6-13(10-14)17(23)18-11-16-20-19-15-8-3-4-9-22(15)16/h3-10,12,21H,11H2,1-2H3,(H,18,23). The number of nitrogens with zero attached hydrogens (tertiary/aromatic N) is 3. The Kier molecular flexibility index (Phi) is 5.01. The number of hydrogen-bond acceptors (Lipinski definition) is 5. The summed E-state index contributed by atoms with van der Waals surface area (Å²) < 4.78 is 28.8. The van der Waals surface area contributed by atoms with Gasteiger partial charge in [0.05, 0.1) is 11.4 Å². The third-order valence-electron chi connectivity index (χ3n) is 3.59. The van der Waals surface area contributed by atoms with Gasteiger partial charge in [-0.1, -0.05) is 12.1 Å². The zero-order chi connectivity index (χ0) is 18.7. The lowest BCUT2D eigenvalue weighted by atomic mass is 10.2. The third kappa shape index (κ3) is 3.89. The summed E-state index contributed by atoms with van der Waals surface area (Å²) in [7, 11) is -3.66. The second-order valence-corrected chi connectivity index (χ2v) is 7.75. The first-order valence-corrected chi connectivity index (χ1v) is 9.54. The summed E-state index contributed by atoms with van der Waals surface area (Å²) >= 11 is 0. The van der Waals surface area contributed by atoms with Gasteiger partial charge in [0.25, 0.3) is 5.91 Å². The van der Waals surface area contributed by atoms with Crippen LogP contribution in [0.3, 0.4) is 0 Å². The molecule has 0 unspecified atom stereocenters. The molecule has 1 aromatic carbocycles. The molecule has 8 nitrogen and oxygen atoms in total. The number of sulfonamides is 1. The lowest BCUT2D eigenvalue weighted by molar-refractivity contribution is 0.0949. The van der Waals surface area contributed by atoms with Crippen LogP contribution in [0, 0.1) is 0 Å². The van der Waals surface area contributed by atoms with Crippen LogP contribution in [0.5, 0.6) is 0 Å². The number of aromatic nitrogens is 3. The van der Waals surface area contributed by atoms with Gasteiger partial charge >= 0.3 is 0 Å². The Hall–Kier alpha value is -2.78. The molecule has 26 heavy (non-hydrogen) atoms. The average Bonchev–Trinajstić information content (AvgIpc) is 3.02. The van der Waals surface area contributed by atoms with E-state index in [-0.39, 0.29) is 29.0 Å². The molecule has 2 heterocycles. The first-order valence-electron chi connectivity index (χ1n) is 8.06. The maximum Gasteiger partial charge on any atom is 0.251 e. The van der Waals surface area contributed by atoms with E-state index in [1.54, 1.807) is 24.3 Å². The van der Waals surface area contributed by atoms with E-state index in [4.69, 9.17) is 0 Å². The van der Waals surface area contributed by atoms with E-state index in [2.05, 4.69) is 20.2 Å². The Morgan fingerprint density at radius 1 is 1.15 bits per heavy atom. The fourth-order valence-electron chi connectivity index (χ4n) is 2.46. The summed E-state index contributed by atoms with van der Waals surface area (Å²) in [6.07, 6.45) is 1.81. The molecule has 0 saturated carbocycles. The van der Waals surface area contributed by atoms with Gasteiger partial charge in [0, 0.05) is 17.8 Å². The van der Waals surface area contributed by atoms with Crippen LogP contribution in [0.2, 0.25) is 0 Å². The lowest BCUT2D eigenvalue weighted by Gasteiger charge is -2.10. The molecular weight excluding hydrogens is 354 g/mol. The topological polar surface area (TPSA) is 105 Å². The summed E-state index contributed by atoms with van der Waals surface area (Å²) in [6, 6.07) is 11.2. The molecule has 2 N–H and O–H groups in total. The van der Waals surface area contributed by atoms with E-state index in [1.165, 1.54) is 18.2 Å². The number of amides is 1. The van der Waals surface area contributed by atoms with Gasteiger partial charge in [-0.15, -0.1) is 10.2 Å². The highest BCUT2D eigenvalue weighted by molar-refractivity contribution is 7.89. The minimum atomic E-state index is -3.66. The summed E-state index contributed by atoms with van der Waals surface area (Å²) in [4.78, 5) is 12.4. The average molecular weight is 373 g/mol. The molecule has 0 saturated heterocycles. The van der Waals surface area contributed by atoms with Crippen LogP contribution in [0.4, 0.5) is 0 Å². The van der Waals surface area contributed by atoms with Crippen LogP contribution >= 0.6 is 0 Å². The molecule has 0 atom stereocenters. The smallest absolute Gasteiger partial charge is 0.251 e. The molecule has 3 rings (SSSR count). The predicted octanol–water partition coefficient (Wildman–Crippen LogP) is 1.35. The lowest BCUT2D eigenvalue weighted by Crippen LogP contribution is -2.30. The quantitative estimate of drug-likeness (QED) is 0.678. The van der Waals surface area contributed by atoms with E-state index in [0.717, 1.165) is 0 Å². The van der Waals surface area contributed by atoms with Crippen molar-refractivity contribution in [2.75, 3.05) is 0 Å². The second kappa shape index (κ2) is 7.22. The van der Waals surface area contributed by atoms with Crippen molar-refractivity contribution in [2.45, 2.75) is 31.3 Å². The molecule has 9 heteroatoms. The molecule has 136 valence electrons. The number of benzene rings is 1. The Balaban J connectivity index is 1.75. The van der Waals surface area contributed by atoms with Gasteiger partial charge in [0.1, 0.15) is 0 Å². The van der Waals surface area contributed by atoms with E-state index in [1.807, 2.05) is 24.4 Å². The zero-order valence-electron chi connectivity index (χ0n) is 14.4. The fourth-order valence-corrected chi connectivity index (χ4v) is 3.75. The minimum Gasteiger partial charge on any atom is -0.345 e. The largest absolute Gasteiger partial charge is 0.345 e. The van der Waals surface area contributed by atoms with Gasteiger partial charge in [-0.2, -0.15) is 0 Å². The maximum absolute atomic E-state index is 12.4. The number of carbonyl (C=O) groups is 1. The Morgan fingerprint density at radius 3 is 2.73 bits per heavy atom. The van der Waals surface area contributed by atoms with Crippen LogP contribution in [0.1, 0.15) is 30.0 Å². The molecule has 0 spiro atoms. The summed E-state index contributed by atoms with van der Waals surface area (Å²) in [6.45, 7) is 3.64. The SMILES string of the molecule is CC(C)NS(=O)(=O)c1cccc(C(=O)NCc2nnc3ccccn23)c1. The number of nitrogens with one attached hydrogen (secondary N) is 2. The number of pyridine rings is 1. The monoisotopic (exact) mass is 373 g/mol. The van der Waals surface area contributed by atoms with Crippen molar-refractivity contribution < 1.29 is 13.2 Å². The molecule has 0 radical (unpaired) electrons. The molecular formula is C17H19N5O3S. The van der Waals surface area contributed by atoms with Crippen molar-refractivity contribution >= 4 is 21.6 Å². The van der Waals surface area contributed by atoms with Gasteiger partial charge in [-0.3, -0.25) is 9.20 Å². The van der Waals surface area contributed by atoms with Crippen molar-refractivity contribution in [2.24, 2.45) is 0 Å². The zero-order valence-corrected chi connectivity index (χ0v) is 15.2. The molecule has 1 amide bonds. The van der Waals surface area contributed by atoms with Gasteiger partial charge in [0.15, 0.2) is 11.5 Å². The molecule has 0 aliphatic carbocycles. The normalized spacial score (nSPS) is 11.8. The predicted molar refractivity (Wildman–Crippen MR) is 96.1 cm³/mol. The van der Waals surface area contributed by atoms with Crippen LogP contribution in [0.25, 0.3) is 5.65 Å². The van der Waals surface area contributed by atoms with Gasteiger partial charge < -0.3 is 5.32 Å². The van der Waals surface area contributed by atoms with E-state index in [0.29, 0.717) is 11.5 Å². The van der Waals surface area contributed by atoms with Crippen molar-refractivity contribution in [3.8, 4) is 0 Å². The number of fused-ring (bicyclic) bond motifs is 1. The highest BCUT2D eigenvalue weighted by Crippen LogP contribution is 2.12. The van der Waals surface area contributed by atoms with E-state index in [9.17, 15) is 13.2 Å². The van der Waals surface area contributed by atoms with E-state index < -0.39 is 10.0 Å². The number of carbonyl (C=O) groups excluding carboxylic acids is 1. The van der Waals surface area contributed by atoms with Crippen LogP contribution < -0.4 is 10.0 Å². The van der Waals surface area contributed by atoms with Gasteiger partial charge in [-0.25, -0.2) is 13.1 Å². The third-order valence-corrected chi connectivity index (χ3v) is 5.25. The first-order chi connectivity index (χ1) is 12.4. The summed E-state index contributed by atoms with van der Waals surface area (Å²) in [5.74, 6) is 0.193. The van der Waals surface area contributed by atoms with Crippen molar-refractivity contribution in [1.82, 2.24) is 24.6 Å². The van der Waals surface area contributed by atoms with Crippen LogP contribution in [-0.4, -0.2) is 35.0 Å². The molecule has 0 fully saturated rings. The number of hydrogen-bond donors (Lipinski definition) is 2. The second-order valence-electron chi connectivity index (χ2n) is 6.03. The molecule has 0 bridgehead atoms. The van der Waals surface area contributed by atoms with Crippen molar-refractivity contribution in [3.05, 3.63) is 60.0 Å². The van der Waals surface area contributed by atoms with Gasteiger partial charge in [0.2, 0.25) is 10.0 Å². The Bertz CT molecular complexity index is 1040. The summed E-state index contributed by atoms with van der Waals surface area (Å²) in [5, 5.41) is 10.8. The fraction of sp³-hybridized carbons (Fsp3) is 0.235. The molecule has 3 aromatic rings. The first kappa shape index (κ1) is 18.0.